The lowest BCUT2D eigenvalue weighted by atomic mass is 10.1. The lowest BCUT2D eigenvalue weighted by Crippen LogP contribution is -1.95. The zero-order chi connectivity index (χ0) is 9.14. The maximum absolute atomic E-state index is 6.22. The molecule has 1 rings (SSSR count). The van der Waals surface area contributed by atoms with Crippen LogP contribution in [0, 0.1) is 5.92 Å². The van der Waals surface area contributed by atoms with E-state index in [9.17, 15) is 0 Å². The Morgan fingerprint density at radius 3 is 2.50 bits per heavy atom. The minimum Gasteiger partial charge on any atom is -0.144 e. The Morgan fingerprint density at radius 1 is 1.42 bits per heavy atom. The zero-order valence-corrected chi connectivity index (χ0v) is 9.38. The number of alkyl halides is 1. The average molecular weight is 203 g/mol. The Morgan fingerprint density at radius 2 is 2.08 bits per heavy atom. The Hall–Kier alpha value is -0.0100. The SMILES string of the molecule is CCc1ccc(C(Cl)C(C)C)s1. The number of aryl methyl sites for hydroxylation is 1. The monoisotopic (exact) mass is 202 g/mol. The van der Waals surface area contributed by atoms with E-state index in [1.54, 1.807) is 0 Å². The highest BCUT2D eigenvalue weighted by molar-refractivity contribution is 7.12. The minimum atomic E-state index is 0.190. The first kappa shape index (κ1) is 10.1. The Kier molecular flexibility index (Phi) is 3.60. The van der Waals surface area contributed by atoms with Gasteiger partial charge in [-0.1, -0.05) is 20.8 Å². The van der Waals surface area contributed by atoms with Gasteiger partial charge in [-0.05, 0) is 24.5 Å². The van der Waals surface area contributed by atoms with E-state index in [0.717, 1.165) is 6.42 Å². The first-order chi connectivity index (χ1) is 5.65. The van der Waals surface area contributed by atoms with E-state index in [2.05, 4.69) is 32.9 Å². The summed E-state index contributed by atoms with van der Waals surface area (Å²) in [5.41, 5.74) is 0. The molecule has 0 aromatic carbocycles. The second kappa shape index (κ2) is 4.29. The topological polar surface area (TPSA) is 0 Å². The summed E-state index contributed by atoms with van der Waals surface area (Å²) >= 11 is 8.06. The molecule has 1 atom stereocenters. The van der Waals surface area contributed by atoms with Crippen LogP contribution in [0.15, 0.2) is 12.1 Å². The maximum Gasteiger partial charge on any atom is 0.0701 e. The van der Waals surface area contributed by atoms with Crippen molar-refractivity contribution in [3.8, 4) is 0 Å². The number of hydrogen-bond acceptors (Lipinski definition) is 1. The average Bonchev–Trinajstić information content (AvgIpc) is 2.50. The van der Waals surface area contributed by atoms with Crippen LogP contribution in [0.1, 0.15) is 35.9 Å². The third-order valence-corrected chi connectivity index (χ3v) is 4.07. The summed E-state index contributed by atoms with van der Waals surface area (Å²) in [4.78, 5) is 2.74. The highest BCUT2D eigenvalue weighted by Crippen LogP contribution is 2.33. The third-order valence-electron chi connectivity index (χ3n) is 1.89. The molecule has 1 unspecified atom stereocenters. The summed E-state index contributed by atoms with van der Waals surface area (Å²) in [6.45, 7) is 6.49. The van der Waals surface area contributed by atoms with E-state index in [1.807, 2.05) is 11.3 Å². The number of thiophene rings is 1. The molecule has 0 fully saturated rings. The van der Waals surface area contributed by atoms with Gasteiger partial charge in [-0.25, -0.2) is 0 Å². The molecule has 0 radical (unpaired) electrons. The van der Waals surface area contributed by atoms with Crippen LogP contribution in [0.2, 0.25) is 0 Å². The van der Waals surface area contributed by atoms with E-state index < -0.39 is 0 Å². The van der Waals surface area contributed by atoms with Crippen LogP contribution in [-0.4, -0.2) is 0 Å². The standard InChI is InChI=1S/C10H15ClS/c1-4-8-5-6-9(12-8)10(11)7(2)3/h5-7,10H,4H2,1-3H3. The molecular weight excluding hydrogens is 188 g/mol. The summed E-state index contributed by atoms with van der Waals surface area (Å²) in [6, 6.07) is 4.33. The number of rotatable bonds is 3. The molecule has 0 spiro atoms. The molecule has 2 heteroatoms. The van der Waals surface area contributed by atoms with Gasteiger partial charge in [0.1, 0.15) is 0 Å². The highest BCUT2D eigenvalue weighted by atomic mass is 35.5. The molecule has 0 N–H and O–H groups in total. The summed E-state index contributed by atoms with van der Waals surface area (Å²) < 4.78 is 0. The van der Waals surface area contributed by atoms with Crippen LogP contribution in [0.3, 0.4) is 0 Å². The van der Waals surface area contributed by atoms with Crippen molar-refractivity contribution in [2.24, 2.45) is 5.92 Å². The summed E-state index contributed by atoms with van der Waals surface area (Å²) in [7, 11) is 0. The van der Waals surface area contributed by atoms with Crippen LogP contribution in [0.5, 0.6) is 0 Å². The Labute approximate surface area is 83.6 Å². The molecule has 0 aliphatic heterocycles. The van der Waals surface area contributed by atoms with Crippen molar-refractivity contribution in [3.63, 3.8) is 0 Å². The van der Waals surface area contributed by atoms with Crippen LogP contribution in [0.4, 0.5) is 0 Å². The molecule has 0 saturated carbocycles. The second-order valence-corrected chi connectivity index (χ2v) is 4.97. The highest BCUT2D eigenvalue weighted by Gasteiger charge is 2.13. The van der Waals surface area contributed by atoms with E-state index in [4.69, 9.17) is 11.6 Å². The molecule has 0 nitrogen and oxygen atoms in total. The normalized spacial score (nSPS) is 13.8. The summed E-state index contributed by atoms with van der Waals surface area (Å²) in [6.07, 6.45) is 1.12. The van der Waals surface area contributed by atoms with E-state index in [0.29, 0.717) is 5.92 Å². The number of halogens is 1. The fourth-order valence-corrected chi connectivity index (χ4v) is 2.37. The molecule has 0 bridgehead atoms. The van der Waals surface area contributed by atoms with E-state index >= 15 is 0 Å². The maximum atomic E-state index is 6.22. The summed E-state index contributed by atoms with van der Waals surface area (Å²) in [5.74, 6) is 0.523. The molecule has 1 aromatic rings. The molecule has 0 aliphatic carbocycles. The largest absolute Gasteiger partial charge is 0.144 e. The molecule has 68 valence electrons. The van der Waals surface area contributed by atoms with Gasteiger partial charge >= 0.3 is 0 Å². The molecule has 1 heterocycles. The van der Waals surface area contributed by atoms with Gasteiger partial charge in [0, 0.05) is 9.75 Å². The lowest BCUT2D eigenvalue weighted by molar-refractivity contribution is 0.631. The molecule has 12 heavy (non-hydrogen) atoms. The van der Waals surface area contributed by atoms with Crippen LogP contribution >= 0.6 is 22.9 Å². The van der Waals surface area contributed by atoms with E-state index in [1.165, 1.54) is 9.75 Å². The second-order valence-electron chi connectivity index (χ2n) is 3.30. The minimum absolute atomic E-state index is 0.190. The van der Waals surface area contributed by atoms with Gasteiger partial charge in [-0.3, -0.25) is 0 Å². The molecule has 0 amide bonds. The predicted octanol–water partition coefficient (Wildman–Crippen LogP) is 4.25. The molecule has 1 aromatic heterocycles. The fourth-order valence-electron chi connectivity index (χ4n) is 1.06. The Bertz CT molecular complexity index is 240. The van der Waals surface area contributed by atoms with Gasteiger partial charge in [-0.15, -0.1) is 22.9 Å². The fraction of sp³-hybridized carbons (Fsp3) is 0.600. The van der Waals surface area contributed by atoms with Gasteiger partial charge in [0.05, 0.1) is 5.38 Å². The Balaban J connectivity index is 2.74. The van der Waals surface area contributed by atoms with Gasteiger partial charge in [0.15, 0.2) is 0 Å². The van der Waals surface area contributed by atoms with Crippen LogP contribution in [-0.2, 0) is 6.42 Å². The first-order valence-corrected chi connectivity index (χ1v) is 5.63. The first-order valence-electron chi connectivity index (χ1n) is 4.37. The van der Waals surface area contributed by atoms with Crippen LogP contribution in [0.25, 0.3) is 0 Å². The molecule has 0 aliphatic rings. The van der Waals surface area contributed by atoms with Gasteiger partial charge in [0.2, 0.25) is 0 Å². The van der Waals surface area contributed by atoms with Crippen molar-refractivity contribution in [1.82, 2.24) is 0 Å². The van der Waals surface area contributed by atoms with Gasteiger partial charge in [-0.2, -0.15) is 0 Å². The van der Waals surface area contributed by atoms with Crippen molar-refractivity contribution in [2.75, 3.05) is 0 Å². The molecule has 0 saturated heterocycles. The van der Waals surface area contributed by atoms with Gasteiger partial charge < -0.3 is 0 Å². The van der Waals surface area contributed by atoms with Crippen molar-refractivity contribution in [1.29, 1.82) is 0 Å². The van der Waals surface area contributed by atoms with Crippen molar-refractivity contribution in [2.45, 2.75) is 32.6 Å². The van der Waals surface area contributed by atoms with Crippen molar-refractivity contribution >= 4 is 22.9 Å². The van der Waals surface area contributed by atoms with Gasteiger partial charge in [0.25, 0.3) is 0 Å². The zero-order valence-electron chi connectivity index (χ0n) is 7.80. The quantitative estimate of drug-likeness (QED) is 0.643. The smallest absolute Gasteiger partial charge is 0.0701 e. The lowest BCUT2D eigenvalue weighted by Gasteiger charge is -2.10. The van der Waals surface area contributed by atoms with E-state index in [-0.39, 0.29) is 5.38 Å². The van der Waals surface area contributed by atoms with Crippen molar-refractivity contribution < 1.29 is 0 Å². The summed E-state index contributed by atoms with van der Waals surface area (Å²) in [5, 5.41) is 0.190. The van der Waals surface area contributed by atoms with Crippen molar-refractivity contribution in [3.05, 3.63) is 21.9 Å². The van der Waals surface area contributed by atoms with Crippen LogP contribution < -0.4 is 0 Å². The third kappa shape index (κ3) is 2.24. The number of hydrogen-bond donors (Lipinski definition) is 0. The molecular formula is C10H15ClS. The predicted molar refractivity (Wildman–Crippen MR) is 57.1 cm³/mol.